The van der Waals surface area contributed by atoms with Crippen LogP contribution in [0.1, 0.15) is 31.9 Å². The van der Waals surface area contributed by atoms with Crippen LogP contribution in [0.4, 0.5) is 0 Å². The van der Waals surface area contributed by atoms with Crippen LogP contribution in [0.15, 0.2) is 42.7 Å². The van der Waals surface area contributed by atoms with Gasteiger partial charge in [0.25, 0.3) is 0 Å². The zero-order valence-corrected chi connectivity index (χ0v) is 10.5. The third-order valence-corrected chi connectivity index (χ3v) is 2.51. The highest BCUT2D eigenvalue weighted by Gasteiger charge is 2.18. The third-order valence-electron chi connectivity index (χ3n) is 2.51. The molecule has 1 rings (SSSR count). The molecule has 17 heavy (non-hydrogen) atoms. The van der Waals surface area contributed by atoms with Crippen LogP contribution in [0.2, 0.25) is 0 Å². The molecule has 0 saturated carbocycles. The third kappa shape index (κ3) is 3.94. The Labute approximate surface area is 103 Å². The van der Waals surface area contributed by atoms with Crippen molar-refractivity contribution in [1.82, 2.24) is 10.6 Å². The van der Waals surface area contributed by atoms with Gasteiger partial charge in [0.15, 0.2) is 5.78 Å². The second-order valence-corrected chi connectivity index (χ2v) is 3.82. The zero-order valence-electron chi connectivity index (χ0n) is 10.5. The van der Waals surface area contributed by atoms with Gasteiger partial charge in [0, 0.05) is 13.0 Å². The second kappa shape index (κ2) is 6.74. The lowest BCUT2D eigenvalue weighted by Gasteiger charge is -2.20. The van der Waals surface area contributed by atoms with Gasteiger partial charge in [-0.05, 0) is 12.5 Å². The van der Waals surface area contributed by atoms with Gasteiger partial charge < -0.3 is 10.6 Å². The minimum atomic E-state index is -0.312. The summed E-state index contributed by atoms with van der Waals surface area (Å²) in [5, 5.41) is 6.20. The summed E-state index contributed by atoms with van der Waals surface area (Å²) in [5.41, 5.74) is 0.971. The van der Waals surface area contributed by atoms with Gasteiger partial charge in [-0.15, -0.1) is 0 Å². The summed E-state index contributed by atoms with van der Waals surface area (Å²) in [6.45, 7) is 8.50. The highest BCUT2D eigenvalue weighted by atomic mass is 16.1. The van der Waals surface area contributed by atoms with Crippen molar-refractivity contribution in [3.8, 4) is 0 Å². The van der Waals surface area contributed by atoms with E-state index in [2.05, 4.69) is 17.2 Å². The second-order valence-electron chi connectivity index (χ2n) is 3.82. The molecule has 0 amide bonds. The highest BCUT2D eigenvalue weighted by molar-refractivity contribution is 5.85. The molecule has 1 aromatic carbocycles. The number of nitrogens with one attached hydrogen (secondary N) is 2. The van der Waals surface area contributed by atoms with Crippen molar-refractivity contribution in [2.45, 2.75) is 26.3 Å². The zero-order chi connectivity index (χ0) is 12.7. The lowest BCUT2D eigenvalue weighted by atomic mass is 10.0. The van der Waals surface area contributed by atoms with Gasteiger partial charge in [-0.2, -0.15) is 0 Å². The summed E-state index contributed by atoms with van der Waals surface area (Å²) in [7, 11) is 0. The lowest BCUT2D eigenvalue weighted by molar-refractivity contribution is -0.120. The van der Waals surface area contributed by atoms with E-state index in [1.54, 1.807) is 0 Å². The van der Waals surface area contributed by atoms with E-state index in [0.29, 0.717) is 12.2 Å². The van der Waals surface area contributed by atoms with Gasteiger partial charge in [-0.25, -0.2) is 0 Å². The molecule has 0 aliphatic carbocycles. The summed E-state index contributed by atoms with van der Waals surface area (Å²) in [6, 6.07) is 9.39. The Balaban J connectivity index is 2.82. The van der Waals surface area contributed by atoms with Crippen LogP contribution in [0, 0.1) is 0 Å². The Bertz CT molecular complexity index is 373. The average molecular weight is 232 g/mol. The molecule has 0 bridgehead atoms. The molecule has 3 heteroatoms. The number of rotatable bonds is 7. The Kier molecular flexibility index (Phi) is 5.27. The number of hydrogen-bond acceptors (Lipinski definition) is 3. The van der Waals surface area contributed by atoms with Crippen molar-refractivity contribution >= 4 is 5.78 Å². The van der Waals surface area contributed by atoms with E-state index in [1.807, 2.05) is 44.2 Å². The summed E-state index contributed by atoms with van der Waals surface area (Å²) >= 11 is 0. The van der Waals surface area contributed by atoms with Crippen molar-refractivity contribution in [3.05, 3.63) is 48.3 Å². The van der Waals surface area contributed by atoms with Crippen LogP contribution in [0.25, 0.3) is 0 Å². The molecule has 1 aromatic rings. The fourth-order valence-corrected chi connectivity index (χ4v) is 1.64. The van der Waals surface area contributed by atoms with Crippen molar-refractivity contribution < 1.29 is 4.79 Å². The normalized spacial score (nSPS) is 11.6. The maximum Gasteiger partial charge on any atom is 0.159 e. The molecule has 0 heterocycles. The van der Waals surface area contributed by atoms with Crippen LogP contribution >= 0.6 is 0 Å². The fourth-order valence-electron chi connectivity index (χ4n) is 1.64. The molecule has 0 aliphatic rings. The first-order valence-corrected chi connectivity index (χ1v) is 5.96. The molecule has 0 fully saturated rings. The predicted molar refractivity (Wildman–Crippen MR) is 70.4 cm³/mol. The largest absolute Gasteiger partial charge is 0.373 e. The SMILES string of the molecule is C=C(NCC)N[C@@H](C(=O)CC)c1ccccc1. The highest BCUT2D eigenvalue weighted by Crippen LogP contribution is 2.15. The fraction of sp³-hybridized carbons (Fsp3) is 0.357. The molecular formula is C14H20N2O. The van der Waals surface area contributed by atoms with Crippen molar-refractivity contribution in [3.63, 3.8) is 0 Å². The minimum Gasteiger partial charge on any atom is -0.373 e. The van der Waals surface area contributed by atoms with Crippen LogP contribution in [-0.4, -0.2) is 12.3 Å². The van der Waals surface area contributed by atoms with E-state index in [9.17, 15) is 4.79 Å². The smallest absolute Gasteiger partial charge is 0.159 e. The Morgan fingerprint density at radius 1 is 1.29 bits per heavy atom. The average Bonchev–Trinajstić information content (AvgIpc) is 2.36. The number of hydrogen-bond donors (Lipinski definition) is 2. The maximum absolute atomic E-state index is 11.9. The summed E-state index contributed by atoms with van der Waals surface area (Å²) in [4.78, 5) is 11.9. The van der Waals surface area contributed by atoms with Crippen molar-refractivity contribution in [2.75, 3.05) is 6.54 Å². The maximum atomic E-state index is 11.9. The summed E-state index contributed by atoms with van der Waals surface area (Å²) in [5.74, 6) is 0.846. The molecule has 2 N–H and O–H groups in total. The molecule has 0 saturated heterocycles. The van der Waals surface area contributed by atoms with Crippen molar-refractivity contribution in [1.29, 1.82) is 0 Å². The monoisotopic (exact) mass is 232 g/mol. The first kappa shape index (κ1) is 13.3. The molecule has 92 valence electrons. The van der Waals surface area contributed by atoms with E-state index in [4.69, 9.17) is 0 Å². The summed E-state index contributed by atoms with van der Waals surface area (Å²) < 4.78 is 0. The number of carbonyl (C=O) groups excluding carboxylic acids is 1. The molecule has 0 unspecified atom stereocenters. The number of benzene rings is 1. The Hall–Kier alpha value is -1.77. The Morgan fingerprint density at radius 2 is 1.94 bits per heavy atom. The van der Waals surface area contributed by atoms with Crippen LogP contribution in [0.5, 0.6) is 0 Å². The number of carbonyl (C=O) groups is 1. The van der Waals surface area contributed by atoms with Crippen molar-refractivity contribution in [2.24, 2.45) is 0 Å². The number of ketones is 1. The molecule has 0 radical (unpaired) electrons. The predicted octanol–water partition coefficient (Wildman–Crippen LogP) is 2.38. The van der Waals surface area contributed by atoms with Gasteiger partial charge >= 0.3 is 0 Å². The minimum absolute atomic E-state index is 0.162. The van der Waals surface area contributed by atoms with E-state index in [0.717, 1.165) is 12.1 Å². The quantitative estimate of drug-likeness (QED) is 0.758. The standard InChI is InChI=1S/C14H20N2O/c1-4-13(17)14(16-11(3)15-5-2)12-9-7-6-8-10-12/h6-10,14-16H,3-5H2,1-2H3/t14-/m1/s1. The van der Waals surface area contributed by atoms with Crippen LogP contribution in [-0.2, 0) is 4.79 Å². The molecule has 1 atom stereocenters. The van der Waals surface area contributed by atoms with E-state index in [1.165, 1.54) is 0 Å². The molecule has 0 spiro atoms. The molecule has 3 nitrogen and oxygen atoms in total. The molecule has 0 aliphatic heterocycles. The van der Waals surface area contributed by atoms with Gasteiger partial charge in [-0.3, -0.25) is 4.79 Å². The Morgan fingerprint density at radius 3 is 2.47 bits per heavy atom. The van der Waals surface area contributed by atoms with E-state index in [-0.39, 0.29) is 11.8 Å². The van der Waals surface area contributed by atoms with Crippen LogP contribution < -0.4 is 10.6 Å². The van der Waals surface area contributed by atoms with Gasteiger partial charge in [0.2, 0.25) is 0 Å². The van der Waals surface area contributed by atoms with Gasteiger partial charge in [0.1, 0.15) is 6.04 Å². The van der Waals surface area contributed by atoms with E-state index >= 15 is 0 Å². The van der Waals surface area contributed by atoms with E-state index < -0.39 is 0 Å². The van der Waals surface area contributed by atoms with Crippen LogP contribution in [0.3, 0.4) is 0 Å². The first-order valence-electron chi connectivity index (χ1n) is 5.96. The van der Waals surface area contributed by atoms with Gasteiger partial charge in [0.05, 0.1) is 5.82 Å². The molecular weight excluding hydrogens is 212 g/mol. The lowest BCUT2D eigenvalue weighted by Crippen LogP contribution is -2.33. The summed E-state index contributed by atoms with van der Waals surface area (Å²) in [6.07, 6.45) is 0.506. The number of Topliss-reactive ketones (excluding diaryl/α,β-unsaturated/α-hetero) is 1. The van der Waals surface area contributed by atoms with Gasteiger partial charge in [-0.1, -0.05) is 43.8 Å². The molecule has 0 aromatic heterocycles. The topological polar surface area (TPSA) is 41.1 Å². The first-order chi connectivity index (χ1) is 8.19.